The highest BCUT2D eigenvalue weighted by Gasteiger charge is 2.31. The first-order chi connectivity index (χ1) is 16.8. The van der Waals surface area contributed by atoms with Crippen LogP contribution in [0.15, 0.2) is 18.2 Å². The number of benzene rings is 1. The second kappa shape index (κ2) is 12.5. The normalized spacial score (nSPS) is 19.7. The standard InChI is InChI=1S/C27H37ClN4O3.H2S/c1-5-14-35-27(34)31-12-13-32(18(2)17-31)26(33)20-7-9-22-24(16-20)29-23-15-19(10-11-30(3)4)6-8-21(23)25(22)28;/h7,9,16,18-19H,5-6,8,10-15,17H2,1-4H3;1H2. The molecule has 1 aromatic heterocycles. The summed E-state index contributed by atoms with van der Waals surface area (Å²) in [5, 5.41) is 1.69. The fourth-order valence-electron chi connectivity index (χ4n) is 5.15. The van der Waals surface area contributed by atoms with E-state index in [1.165, 1.54) is 5.56 Å². The van der Waals surface area contributed by atoms with Crippen molar-refractivity contribution in [1.82, 2.24) is 19.7 Å². The van der Waals surface area contributed by atoms with Crippen LogP contribution < -0.4 is 0 Å². The number of pyridine rings is 1. The molecular weight excluding hydrogens is 496 g/mol. The van der Waals surface area contributed by atoms with Crippen molar-refractivity contribution in [2.75, 3.05) is 46.9 Å². The molecule has 0 radical (unpaired) electrons. The Balaban J connectivity index is 0.00000361. The maximum Gasteiger partial charge on any atom is 0.409 e. The van der Waals surface area contributed by atoms with Crippen LogP contribution in [-0.2, 0) is 17.6 Å². The third kappa shape index (κ3) is 6.26. The van der Waals surface area contributed by atoms with E-state index in [0.29, 0.717) is 37.7 Å². The van der Waals surface area contributed by atoms with E-state index in [1.807, 2.05) is 36.9 Å². The molecule has 9 heteroatoms. The van der Waals surface area contributed by atoms with Gasteiger partial charge < -0.3 is 19.4 Å². The lowest BCUT2D eigenvalue weighted by molar-refractivity contribution is 0.0414. The Bertz CT molecular complexity index is 1100. The van der Waals surface area contributed by atoms with E-state index in [4.69, 9.17) is 21.3 Å². The average molecular weight is 535 g/mol. The number of fused-ring (bicyclic) bond motifs is 2. The van der Waals surface area contributed by atoms with E-state index < -0.39 is 0 Å². The van der Waals surface area contributed by atoms with Crippen LogP contribution in [0, 0.1) is 5.92 Å². The quantitative estimate of drug-likeness (QED) is 0.535. The van der Waals surface area contributed by atoms with Gasteiger partial charge in [0.15, 0.2) is 0 Å². The fourth-order valence-corrected chi connectivity index (χ4v) is 5.51. The van der Waals surface area contributed by atoms with Gasteiger partial charge in [-0.05, 0) is 83.3 Å². The predicted octanol–water partition coefficient (Wildman–Crippen LogP) is 4.75. The molecule has 2 unspecified atom stereocenters. The van der Waals surface area contributed by atoms with Crippen LogP contribution in [0.3, 0.4) is 0 Å². The molecule has 1 aromatic carbocycles. The van der Waals surface area contributed by atoms with E-state index in [-0.39, 0.29) is 31.5 Å². The number of ether oxygens (including phenoxy) is 1. The molecule has 1 aliphatic heterocycles. The Morgan fingerprint density at radius 1 is 1.25 bits per heavy atom. The Hall–Kier alpha value is -2.03. The van der Waals surface area contributed by atoms with E-state index in [1.54, 1.807) is 4.90 Å². The first-order valence-corrected chi connectivity index (χ1v) is 13.1. The summed E-state index contributed by atoms with van der Waals surface area (Å²) in [4.78, 5) is 36.4. The molecule has 7 nitrogen and oxygen atoms in total. The first kappa shape index (κ1) is 28.5. The SMILES string of the molecule is CCCOC(=O)N1CCN(C(=O)c2ccc3c(Cl)c4c(nc3c2)CC(CCN(C)C)CC4)C(C)C1.S. The Morgan fingerprint density at radius 3 is 2.72 bits per heavy atom. The van der Waals surface area contributed by atoms with E-state index in [0.717, 1.165) is 60.3 Å². The molecule has 198 valence electrons. The van der Waals surface area contributed by atoms with Gasteiger partial charge in [0, 0.05) is 42.3 Å². The summed E-state index contributed by atoms with van der Waals surface area (Å²) in [5.74, 6) is 0.567. The van der Waals surface area contributed by atoms with Gasteiger partial charge in [0.1, 0.15) is 0 Å². The Kier molecular flexibility index (Phi) is 9.89. The smallest absolute Gasteiger partial charge is 0.409 e. The van der Waals surface area contributed by atoms with Gasteiger partial charge in [-0.1, -0.05) is 24.6 Å². The number of hydrogen-bond donors (Lipinski definition) is 0. The van der Waals surface area contributed by atoms with Crippen LogP contribution in [0.4, 0.5) is 4.79 Å². The van der Waals surface area contributed by atoms with Crippen LogP contribution in [0.25, 0.3) is 10.9 Å². The molecule has 0 bridgehead atoms. The number of carbonyl (C=O) groups is 2. The van der Waals surface area contributed by atoms with Gasteiger partial charge in [0.05, 0.1) is 17.1 Å². The second-order valence-electron chi connectivity index (χ2n) is 10.2. The molecule has 1 saturated heterocycles. The lowest BCUT2D eigenvalue weighted by Crippen LogP contribution is -2.55. The maximum atomic E-state index is 13.4. The summed E-state index contributed by atoms with van der Waals surface area (Å²) in [6.45, 7) is 6.84. The number of rotatable bonds is 6. The maximum absolute atomic E-state index is 13.4. The van der Waals surface area contributed by atoms with Gasteiger partial charge >= 0.3 is 6.09 Å². The van der Waals surface area contributed by atoms with Crippen molar-refractivity contribution in [2.45, 2.75) is 52.0 Å². The molecule has 2 aliphatic rings. The molecule has 2 atom stereocenters. The minimum absolute atomic E-state index is 0. The van der Waals surface area contributed by atoms with Crippen molar-refractivity contribution in [2.24, 2.45) is 5.92 Å². The molecule has 2 aromatic rings. The van der Waals surface area contributed by atoms with Gasteiger partial charge in [0.2, 0.25) is 0 Å². The Labute approximate surface area is 226 Å². The van der Waals surface area contributed by atoms with E-state index in [9.17, 15) is 9.59 Å². The molecular formula is C27H39ClN4O3S. The molecule has 4 rings (SSSR count). The van der Waals surface area contributed by atoms with Crippen molar-refractivity contribution < 1.29 is 14.3 Å². The molecule has 0 N–H and O–H groups in total. The van der Waals surface area contributed by atoms with Crippen LogP contribution in [0.2, 0.25) is 5.02 Å². The van der Waals surface area contributed by atoms with Crippen LogP contribution in [0.5, 0.6) is 0 Å². The lowest BCUT2D eigenvalue weighted by Gasteiger charge is -2.39. The van der Waals surface area contributed by atoms with Crippen LogP contribution >= 0.6 is 25.1 Å². The zero-order valence-electron chi connectivity index (χ0n) is 21.8. The molecule has 1 aliphatic carbocycles. The lowest BCUT2D eigenvalue weighted by atomic mass is 9.84. The number of halogens is 1. The van der Waals surface area contributed by atoms with E-state index >= 15 is 0 Å². The van der Waals surface area contributed by atoms with Crippen molar-refractivity contribution in [1.29, 1.82) is 0 Å². The fraction of sp³-hybridized carbons (Fsp3) is 0.593. The molecule has 0 spiro atoms. The molecule has 2 heterocycles. The predicted molar refractivity (Wildman–Crippen MR) is 150 cm³/mol. The molecule has 1 fully saturated rings. The average Bonchev–Trinajstić information content (AvgIpc) is 2.85. The summed E-state index contributed by atoms with van der Waals surface area (Å²) in [7, 11) is 4.22. The highest BCUT2D eigenvalue weighted by atomic mass is 35.5. The summed E-state index contributed by atoms with van der Waals surface area (Å²) < 4.78 is 5.26. The summed E-state index contributed by atoms with van der Waals surface area (Å²) in [5.41, 5.74) is 3.63. The molecule has 36 heavy (non-hydrogen) atoms. The van der Waals surface area contributed by atoms with E-state index in [2.05, 4.69) is 19.0 Å². The zero-order chi connectivity index (χ0) is 25.1. The number of nitrogens with zero attached hydrogens (tertiary/aromatic N) is 4. The van der Waals surface area contributed by atoms with Gasteiger partial charge in [-0.2, -0.15) is 13.5 Å². The topological polar surface area (TPSA) is 66.0 Å². The minimum Gasteiger partial charge on any atom is -0.449 e. The van der Waals surface area contributed by atoms with Crippen molar-refractivity contribution >= 4 is 48.0 Å². The monoisotopic (exact) mass is 534 g/mol. The number of aromatic nitrogens is 1. The summed E-state index contributed by atoms with van der Waals surface area (Å²) in [6, 6.07) is 5.56. The van der Waals surface area contributed by atoms with Crippen molar-refractivity contribution in [3.8, 4) is 0 Å². The highest BCUT2D eigenvalue weighted by molar-refractivity contribution is 7.59. The van der Waals surface area contributed by atoms with Crippen LogP contribution in [-0.4, -0.2) is 84.6 Å². The van der Waals surface area contributed by atoms with Gasteiger partial charge in [-0.3, -0.25) is 9.78 Å². The number of carbonyl (C=O) groups excluding carboxylic acids is 2. The molecule has 2 amide bonds. The third-order valence-electron chi connectivity index (χ3n) is 7.20. The highest BCUT2D eigenvalue weighted by Crippen LogP contribution is 2.36. The summed E-state index contributed by atoms with van der Waals surface area (Å²) >= 11 is 6.83. The molecule has 0 saturated carbocycles. The van der Waals surface area contributed by atoms with Crippen LogP contribution in [0.1, 0.15) is 54.7 Å². The van der Waals surface area contributed by atoms with Gasteiger partial charge in [0.25, 0.3) is 5.91 Å². The second-order valence-corrected chi connectivity index (χ2v) is 10.6. The summed E-state index contributed by atoms with van der Waals surface area (Å²) in [6.07, 6.45) is 4.67. The first-order valence-electron chi connectivity index (χ1n) is 12.8. The number of piperazine rings is 1. The number of amides is 2. The minimum atomic E-state index is -0.302. The zero-order valence-corrected chi connectivity index (χ0v) is 23.6. The Morgan fingerprint density at radius 2 is 2.03 bits per heavy atom. The van der Waals surface area contributed by atoms with Gasteiger partial charge in [-0.15, -0.1) is 0 Å². The number of hydrogen-bond acceptors (Lipinski definition) is 5. The van der Waals surface area contributed by atoms with Gasteiger partial charge in [-0.25, -0.2) is 4.79 Å². The largest absolute Gasteiger partial charge is 0.449 e. The third-order valence-corrected chi connectivity index (χ3v) is 7.63. The van der Waals surface area contributed by atoms with Crippen molar-refractivity contribution in [3.05, 3.63) is 40.0 Å². The van der Waals surface area contributed by atoms with Crippen molar-refractivity contribution in [3.63, 3.8) is 0 Å².